The number of likely N-dealkylation sites (N-methyl/N-ethyl adjacent to an activating group) is 1. The molecule has 1 unspecified atom stereocenters. The molecular formula is C31H39ClN4O4. The van der Waals surface area contributed by atoms with Crippen molar-refractivity contribution in [2.75, 3.05) is 20.1 Å². The number of hydrogen-bond donors (Lipinski definition) is 3. The van der Waals surface area contributed by atoms with E-state index in [1.807, 2.05) is 12.1 Å². The molecule has 1 saturated carbocycles. The van der Waals surface area contributed by atoms with Gasteiger partial charge >= 0.3 is 0 Å². The van der Waals surface area contributed by atoms with Gasteiger partial charge in [0.05, 0.1) is 6.04 Å². The Morgan fingerprint density at radius 2 is 1.70 bits per heavy atom. The van der Waals surface area contributed by atoms with Crippen molar-refractivity contribution >= 4 is 29.3 Å². The van der Waals surface area contributed by atoms with Gasteiger partial charge in [-0.1, -0.05) is 41.9 Å². The normalized spacial score (nSPS) is 26.7. The van der Waals surface area contributed by atoms with Gasteiger partial charge in [0.1, 0.15) is 23.9 Å². The number of nitrogens with zero attached hydrogens (tertiary/aromatic N) is 1. The zero-order valence-electron chi connectivity index (χ0n) is 23.3. The summed E-state index contributed by atoms with van der Waals surface area (Å²) in [6.07, 6.45) is 5.58. The molecule has 4 atom stereocenters. The Morgan fingerprint density at radius 3 is 2.42 bits per heavy atom. The van der Waals surface area contributed by atoms with E-state index in [4.69, 9.17) is 16.3 Å². The van der Waals surface area contributed by atoms with Crippen LogP contribution in [0.4, 0.5) is 0 Å². The van der Waals surface area contributed by atoms with E-state index in [1.54, 1.807) is 26.1 Å². The Bertz CT molecular complexity index is 1230. The van der Waals surface area contributed by atoms with E-state index in [1.165, 1.54) is 10.5 Å². The second kappa shape index (κ2) is 12.6. The van der Waals surface area contributed by atoms with Gasteiger partial charge in [-0.05, 0) is 80.2 Å². The number of hydrogen-bond acceptors (Lipinski definition) is 5. The lowest BCUT2D eigenvalue weighted by Crippen LogP contribution is -2.57. The van der Waals surface area contributed by atoms with Crippen molar-refractivity contribution in [1.29, 1.82) is 0 Å². The molecule has 1 fully saturated rings. The second-order valence-corrected chi connectivity index (χ2v) is 11.8. The average molecular weight is 567 g/mol. The average Bonchev–Trinajstić information content (AvgIpc) is 3.80. The van der Waals surface area contributed by atoms with Crippen molar-refractivity contribution in [2.24, 2.45) is 5.92 Å². The molecule has 1 aliphatic carbocycles. The number of rotatable bonds is 3. The van der Waals surface area contributed by atoms with Crippen LogP contribution >= 0.6 is 11.6 Å². The maximum atomic E-state index is 13.6. The maximum Gasteiger partial charge on any atom is 0.243 e. The highest BCUT2D eigenvalue weighted by Gasteiger charge is 2.40. The number of halogens is 1. The third-order valence-corrected chi connectivity index (χ3v) is 8.59. The summed E-state index contributed by atoms with van der Waals surface area (Å²) in [5.41, 5.74) is 3.22. The summed E-state index contributed by atoms with van der Waals surface area (Å²) in [4.78, 5) is 41.8. The van der Waals surface area contributed by atoms with Gasteiger partial charge in [0, 0.05) is 31.6 Å². The van der Waals surface area contributed by atoms with Gasteiger partial charge in [0.15, 0.2) is 0 Å². The van der Waals surface area contributed by atoms with Crippen LogP contribution in [0.25, 0.3) is 0 Å². The zero-order valence-corrected chi connectivity index (χ0v) is 24.0. The summed E-state index contributed by atoms with van der Waals surface area (Å²) < 4.78 is 6.47. The first-order valence-corrected chi connectivity index (χ1v) is 14.8. The molecule has 9 heteroatoms. The van der Waals surface area contributed by atoms with Crippen LogP contribution < -0.4 is 20.7 Å². The largest absolute Gasteiger partial charge is 0.489 e. The van der Waals surface area contributed by atoms with Crippen molar-refractivity contribution < 1.29 is 19.1 Å². The molecule has 3 amide bonds. The fourth-order valence-electron chi connectivity index (χ4n) is 5.57. The number of nitrogens with one attached hydrogen (secondary N) is 3. The van der Waals surface area contributed by atoms with Crippen molar-refractivity contribution in [1.82, 2.24) is 20.9 Å². The van der Waals surface area contributed by atoms with Gasteiger partial charge in [-0.25, -0.2) is 0 Å². The summed E-state index contributed by atoms with van der Waals surface area (Å²) in [5, 5.41) is 10.0. The molecule has 2 aliphatic heterocycles. The number of ether oxygens (including phenoxy) is 1. The van der Waals surface area contributed by atoms with Crippen molar-refractivity contribution in [3.05, 3.63) is 64.2 Å². The summed E-state index contributed by atoms with van der Waals surface area (Å²) in [6.45, 7) is 2.75. The Labute approximate surface area is 241 Å². The molecule has 2 heterocycles. The minimum absolute atomic E-state index is 0.0269. The van der Waals surface area contributed by atoms with Crippen LogP contribution in [0.5, 0.6) is 5.75 Å². The third kappa shape index (κ3) is 6.78. The van der Waals surface area contributed by atoms with Gasteiger partial charge in [-0.2, -0.15) is 0 Å². The van der Waals surface area contributed by atoms with Crippen LogP contribution in [-0.2, 0) is 33.6 Å². The highest BCUT2D eigenvalue weighted by Crippen LogP contribution is 2.35. The molecule has 0 aromatic heterocycles. The van der Waals surface area contributed by atoms with Crippen LogP contribution in [0.2, 0.25) is 5.02 Å². The molecule has 3 N–H and O–H groups in total. The first kappa shape index (κ1) is 28.4. The number of benzene rings is 2. The zero-order chi connectivity index (χ0) is 28.2. The lowest BCUT2D eigenvalue weighted by Gasteiger charge is -2.32. The highest BCUT2D eigenvalue weighted by atomic mass is 35.5. The van der Waals surface area contributed by atoms with Crippen LogP contribution in [-0.4, -0.2) is 67.0 Å². The van der Waals surface area contributed by atoms with Gasteiger partial charge in [-0.15, -0.1) is 0 Å². The summed E-state index contributed by atoms with van der Waals surface area (Å²) >= 11 is 6.05. The lowest BCUT2D eigenvalue weighted by molar-refractivity contribution is -0.141. The maximum absolute atomic E-state index is 13.6. The molecule has 3 aliphatic rings. The molecule has 0 radical (unpaired) electrons. The molecule has 0 spiro atoms. The van der Waals surface area contributed by atoms with E-state index in [0.717, 1.165) is 55.4 Å². The van der Waals surface area contributed by atoms with Crippen molar-refractivity contribution in [3.8, 4) is 5.75 Å². The van der Waals surface area contributed by atoms with Crippen LogP contribution in [0.15, 0.2) is 42.5 Å². The molecule has 2 aromatic rings. The topological polar surface area (TPSA) is 99.8 Å². The SMILES string of the molecule is C[C@@H]1C(=O)N[C@H](Cc2ccc(Cl)cc2)C(=O)NCCCc2cccc3c2OC(CC3)CN[C@@H](C2CC2)C(=O)N1C. The third-order valence-electron chi connectivity index (χ3n) is 8.34. The first-order valence-electron chi connectivity index (χ1n) is 14.4. The van der Waals surface area contributed by atoms with Crippen molar-refractivity contribution in [2.45, 2.75) is 76.1 Å². The van der Waals surface area contributed by atoms with E-state index in [2.05, 4.69) is 34.1 Å². The number of carbonyl (C=O) groups is 3. The number of carbonyl (C=O) groups excluding carboxylic acids is 3. The van der Waals surface area contributed by atoms with Gasteiger partial charge in [0.2, 0.25) is 17.7 Å². The molecule has 2 bridgehead atoms. The van der Waals surface area contributed by atoms with Crippen LogP contribution in [0.3, 0.4) is 0 Å². The van der Waals surface area contributed by atoms with E-state index in [0.29, 0.717) is 24.5 Å². The van der Waals surface area contributed by atoms with Gasteiger partial charge < -0.3 is 25.6 Å². The Balaban J connectivity index is 1.39. The number of para-hydroxylation sites is 1. The Hall–Kier alpha value is -3.10. The standard InChI is InChI=1S/C31H39ClN4O4/c1-19-29(37)35-26(17-20-8-13-24(32)14-9-20)30(38)33-16-4-7-22-5-3-6-23-12-15-25(40-28(22)23)18-34-27(21-10-11-21)31(39)36(19)2/h3,5-6,8-9,13-14,19,21,25-27,34H,4,7,10-12,15-18H2,1-2H3,(H,33,38)(H,35,37)/t19-,25?,26-,27+/m1/s1. The number of aryl methyl sites for hydroxylation is 2. The molecule has 0 saturated heterocycles. The molecule has 5 rings (SSSR count). The van der Waals surface area contributed by atoms with Gasteiger partial charge in [0.25, 0.3) is 0 Å². The summed E-state index contributed by atoms with van der Waals surface area (Å²) in [7, 11) is 1.66. The highest BCUT2D eigenvalue weighted by molar-refractivity contribution is 6.30. The van der Waals surface area contributed by atoms with E-state index in [-0.39, 0.29) is 35.8 Å². The summed E-state index contributed by atoms with van der Waals surface area (Å²) in [5.74, 6) is 0.473. The summed E-state index contributed by atoms with van der Waals surface area (Å²) in [6, 6.07) is 11.6. The lowest BCUT2D eigenvalue weighted by atomic mass is 9.96. The minimum Gasteiger partial charge on any atom is -0.489 e. The monoisotopic (exact) mass is 566 g/mol. The van der Waals surface area contributed by atoms with Crippen LogP contribution in [0.1, 0.15) is 49.3 Å². The van der Waals surface area contributed by atoms with E-state index >= 15 is 0 Å². The number of fused-ring (bicyclic) bond motifs is 1. The quantitative estimate of drug-likeness (QED) is 0.530. The minimum atomic E-state index is -0.788. The Kier molecular flexibility index (Phi) is 8.96. The molecule has 214 valence electrons. The van der Waals surface area contributed by atoms with E-state index in [9.17, 15) is 14.4 Å². The number of amides is 3. The molecule has 2 aromatic carbocycles. The smallest absolute Gasteiger partial charge is 0.243 e. The predicted octanol–water partition coefficient (Wildman–Crippen LogP) is 3.04. The first-order chi connectivity index (χ1) is 19.3. The van der Waals surface area contributed by atoms with Crippen LogP contribution in [0, 0.1) is 5.92 Å². The van der Waals surface area contributed by atoms with Crippen molar-refractivity contribution in [3.63, 3.8) is 0 Å². The predicted molar refractivity (Wildman–Crippen MR) is 154 cm³/mol. The molecular weight excluding hydrogens is 528 g/mol. The fourth-order valence-corrected chi connectivity index (χ4v) is 5.70. The molecule has 40 heavy (non-hydrogen) atoms. The second-order valence-electron chi connectivity index (χ2n) is 11.3. The van der Waals surface area contributed by atoms with Gasteiger partial charge in [-0.3, -0.25) is 14.4 Å². The Morgan fingerprint density at radius 1 is 0.975 bits per heavy atom. The molecule has 8 nitrogen and oxygen atoms in total. The fraction of sp³-hybridized carbons (Fsp3) is 0.516. The van der Waals surface area contributed by atoms with E-state index < -0.39 is 12.1 Å².